The maximum atomic E-state index is 5.89. The van der Waals surface area contributed by atoms with Crippen molar-refractivity contribution in [2.24, 2.45) is 0 Å². The van der Waals surface area contributed by atoms with Crippen LogP contribution in [0.3, 0.4) is 0 Å². The molecule has 0 N–H and O–H groups in total. The molecule has 0 amide bonds. The molecule has 3 aromatic rings. The summed E-state index contributed by atoms with van der Waals surface area (Å²) < 4.78 is 5.89. The second-order valence-corrected chi connectivity index (χ2v) is 4.74. The third kappa shape index (κ3) is 1.70. The van der Waals surface area contributed by atoms with Gasteiger partial charge in [-0.1, -0.05) is 23.8 Å². The number of benzene rings is 2. The van der Waals surface area contributed by atoms with Gasteiger partial charge in [-0.05, 0) is 50.1 Å². The van der Waals surface area contributed by atoms with Crippen LogP contribution in [0.5, 0.6) is 0 Å². The SMILES string of the molecule is Cc1ccc(-c2nc3ccc(C)c(C)c3o2)cc1. The van der Waals surface area contributed by atoms with E-state index in [9.17, 15) is 0 Å². The van der Waals surface area contributed by atoms with Crippen LogP contribution in [-0.4, -0.2) is 4.98 Å². The smallest absolute Gasteiger partial charge is 0.227 e. The Morgan fingerprint density at radius 2 is 1.61 bits per heavy atom. The van der Waals surface area contributed by atoms with Crippen LogP contribution in [0.4, 0.5) is 0 Å². The lowest BCUT2D eigenvalue weighted by atomic mass is 10.1. The van der Waals surface area contributed by atoms with Crippen molar-refractivity contribution in [1.82, 2.24) is 4.98 Å². The van der Waals surface area contributed by atoms with E-state index >= 15 is 0 Å². The first-order chi connectivity index (χ1) is 8.65. The van der Waals surface area contributed by atoms with E-state index in [1.165, 1.54) is 16.7 Å². The highest BCUT2D eigenvalue weighted by Gasteiger charge is 2.10. The molecule has 0 atom stereocenters. The summed E-state index contributed by atoms with van der Waals surface area (Å²) >= 11 is 0. The Bertz CT molecular complexity index is 708. The molecule has 0 fully saturated rings. The van der Waals surface area contributed by atoms with E-state index in [-0.39, 0.29) is 0 Å². The first-order valence-corrected chi connectivity index (χ1v) is 6.09. The molecule has 0 aliphatic rings. The Morgan fingerprint density at radius 1 is 0.889 bits per heavy atom. The fraction of sp³-hybridized carbons (Fsp3) is 0.188. The predicted octanol–water partition coefficient (Wildman–Crippen LogP) is 4.42. The van der Waals surface area contributed by atoms with Crippen molar-refractivity contribution < 1.29 is 4.42 Å². The number of oxazole rings is 1. The van der Waals surface area contributed by atoms with Crippen molar-refractivity contribution in [1.29, 1.82) is 0 Å². The minimum Gasteiger partial charge on any atom is -0.436 e. The first-order valence-electron chi connectivity index (χ1n) is 6.09. The number of aryl methyl sites for hydroxylation is 3. The van der Waals surface area contributed by atoms with Gasteiger partial charge in [-0.2, -0.15) is 0 Å². The number of hydrogen-bond donors (Lipinski definition) is 0. The average molecular weight is 237 g/mol. The molecule has 1 aromatic heterocycles. The number of aromatic nitrogens is 1. The van der Waals surface area contributed by atoms with Gasteiger partial charge in [0.05, 0.1) is 0 Å². The van der Waals surface area contributed by atoms with Crippen LogP contribution in [0.15, 0.2) is 40.8 Å². The molecule has 1 heterocycles. The number of rotatable bonds is 1. The zero-order valence-corrected chi connectivity index (χ0v) is 10.8. The summed E-state index contributed by atoms with van der Waals surface area (Å²) in [4.78, 5) is 4.55. The number of hydrogen-bond acceptors (Lipinski definition) is 2. The van der Waals surface area contributed by atoms with Crippen LogP contribution in [-0.2, 0) is 0 Å². The van der Waals surface area contributed by atoms with E-state index in [0.717, 1.165) is 16.7 Å². The molecular formula is C16H15NO. The van der Waals surface area contributed by atoms with Gasteiger partial charge in [0.25, 0.3) is 0 Å². The van der Waals surface area contributed by atoms with E-state index < -0.39 is 0 Å². The largest absolute Gasteiger partial charge is 0.436 e. The zero-order chi connectivity index (χ0) is 12.7. The van der Waals surface area contributed by atoms with Crippen LogP contribution in [0.2, 0.25) is 0 Å². The molecule has 18 heavy (non-hydrogen) atoms. The van der Waals surface area contributed by atoms with Gasteiger partial charge >= 0.3 is 0 Å². The average Bonchev–Trinajstić information content (AvgIpc) is 2.80. The Labute approximate surface area is 106 Å². The summed E-state index contributed by atoms with van der Waals surface area (Å²) in [6.07, 6.45) is 0. The van der Waals surface area contributed by atoms with E-state index in [1.54, 1.807) is 0 Å². The Balaban J connectivity index is 2.19. The third-order valence-corrected chi connectivity index (χ3v) is 3.38. The van der Waals surface area contributed by atoms with Gasteiger partial charge in [0.15, 0.2) is 5.58 Å². The lowest BCUT2D eigenvalue weighted by Crippen LogP contribution is -1.79. The highest BCUT2D eigenvalue weighted by atomic mass is 16.3. The van der Waals surface area contributed by atoms with Crippen molar-refractivity contribution in [3.63, 3.8) is 0 Å². The molecule has 2 aromatic carbocycles. The van der Waals surface area contributed by atoms with Crippen molar-refractivity contribution in [2.45, 2.75) is 20.8 Å². The molecule has 90 valence electrons. The van der Waals surface area contributed by atoms with Crippen molar-refractivity contribution >= 4 is 11.1 Å². The van der Waals surface area contributed by atoms with Crippen molar-refractivity contribution in [3.8, 4) is 11.5 Å². The summed E-state index contributed by atoms with van der Waals surface area (Å²) in [6, 6.07) is 12.3. The highest BCUT2D eigenvalue weighted by molar-refractivity contribution is 5.80. The molecule has 0 unspecified atom stereocenters. The highest BCUT2D eigenvalue weighted by Crippen LogP contribution is 2.27. The molecule has 0 aliphatic heterocycles. The molecule has 0 radical (unpaired) electrons. The quantitative estimate of drug-likeness (QED) is 0.626. The van der Waals surface area contributed by atoms with Crippen molar-refractivity contribution in [3.05, 3.63) is 53.1 Å². The van der Waals surface area contributed by atoms with Crippen molar-refractivity contribution in [2.75, 3.05) is 0 Å². The minimum atomic E-state index is 0.693. The lowest BCUT2D eigenvalue weighted by Gasteiger charge is -1.97. The van der Waals surface area contributed by atoms with Crippen LogP contribution in [0.25, 0.3) is 22.6 Å². The molecule has 0 bridgehead atoms. The molecule has 0 saturated carbocycles. The van der Waals surface area contributed by atoms with E-state index in [1.807, 2.05) is 18.2 Å². The van der Waals surface area contributed by atoms with Gasteiger partial charge in [-0.15, -0.1) is 0 Å². The van der Waals surface area contributed by atoms with Crippen LogP contribution >= 0.6 is 0 Å². The Hall–Kier alpha value is -2.09. The predicted molar refractivity (Wildman–Crippen MR) is 73.7 cm³/mol. The summed E-state index contributed by atoms with van der Waals surface area (Å²) in [5.74, 6) is 0.693. The molecule has 2 heteroatoms. The van der Waals surface area contributed by atoms with Gasteiger partial charge in [0, 0.05) is 5.56 Å². The summed E-state index contributed by atoms with van der Waals surface area (Å²) in [6.45, 7) is 6.23. The minimum absolute atomic E-state index is 0.693. The summed E-state index contributed by atoms with van der Waals surface area (Å²) in [5.41, 5.74) is 6.47. The number of nitrogens with zero attached hydrogens (tertiary/aromatic N) is 1. The fourth-order valence-corrected chi connectivity index (χ4v) is 2.04. The fourth-order valence-electron chi connectivity index (χ4n) is 2.04. The molecule has 0 saturated heterocycles. The summed E-state index contributed by atoms with van der Waals surface area (Å²) in [5, 5.41) is 0. The number of fused-ring (bicyclic) bond motifs is 1. The summed E-state index contributed by atoms with van der Waals surface area (Å²) in [7, 11) is 0. The Morgan fingerprint density at radius 3 is 2.33 bits per heavy atom. The molecule has 3 rings (SSSR count). The molecule has 0 spiro atoms. The van der Waals surface area contributed by atoms with Gasteiger partial charge in [-0.3, -0.25) is 0 Å². The van der Waals surface area contributed by atoms with E-state index in [2.05, 4.69) is 44.0 Å². The molecular weight excluding hydrogens is 222 g/mol. The standard InChI is InChI=1S/C16H15NO/c1-10-4-7-13(8-5-10)16-17-14-9-6-11(2)12(3)15(14)18-16/h4-9H,1-3H3. The maximum Gasteiger partial charge on any atom is 0.227 e. The van der Waals surface area contributed by atoms with Gasteiger partial charge < -0.3 is 4.42 Å². The second-order valence-electron chi connectivity index (χ2n) is 4.74. The normalized spacial score (nSPS) is 11.1. The van der Waals surface area contributed by atoms with E-state index in [4.69, 9.17) is 4.42 Å². The Kier molecular flexibility index (Phi) is 2.44. The zero-order valence-electron chi connectivity index (χ0n) is 10.8. The van der Waals surface area contributed by atoms with Crippen LogP contribution in [0.1, 0.15) is 16.7 Å². The van der Waals surface area contributed by atoms with Crippen LogP contribution in [0, 0.1) is 20.8 Å². The monoisotopic (exact) mass is 237 g/mol. The lowest BCUT2D eigenvalue weighted by molar-refractivity contribution is 0.617. The van der Waals surface area contributed by atoms with Crippen LogP contribution < -0.4 is 0 Å². The molecule has 2 nitrogen and oxygen atoms in total. The van der Waals surface area contributed by atoms with Gasteiger partial charge in [0.1, 0.15) is 5.52 Å². The first kappa shape index (κ1) is 11.0. The maximum absolute atomic E-state index is 5.89. The second kappa shape index (κ2) is 3.98. The molecule has 0 aliphatic carbocycles. The van der Waals surface area contributed by atoms with E-state index in [0.29, 0.717) is 5.89 Å². The third-order valence-electron chi connectivity index (χ3n) is 3.38. The van der Waals surface area contributed by atoms with Gasteiger partial charge in [-0.25, -0.2) is 4.98 Å². The topological polar surface area (TPSA) is 26.0 Å². The van der Waals surface area contributed by atoms with Gasteiger partial charge in [0.2, 0.25) is 5.89 Å².